The van der Waals surface area contributed by atoms with Crippen molar-refractivity contribution in [1.82, 2.24) is 15.0 Å². The molecule has 0 fully saturated rings. The van der Waals surface area contributed by atoms with Crippen molar-refractivity contribution < 1.29 is 4.42 Å². The van der Waals surface area contributed by atoms with E-state index in [2.05, 4.69) is 184 Å². The molecule has 0 atom stereocenters. The molecule has 4 nitrogen and oxygen atoms in total. The first-order valence-electron chi connectivity index (χ1n) is 19.8. The second kappa shape index (κ2) is 13.4. The average Bonchev–Trinajstić information content (AvgIpc) is 3.79. The monoisotopic (exact) mass is 743 g/mol. The van der Waals surface area contributed by atoms with Gasteiger partial charge in [0, 0.05) is 27.3 Å². The minimum Gasteiger partial charge on any atom is -0.455 e. The van der Waals surface area contributed by atoms with Gasteiger partial charge in [0.25, 0.3) is 0 Å². The van der Waals surface area contributed by atoms with Crippen LogP contribution in [-0.2, 0) is 5.41 Å². The second-order valence-electron chi connectivity index (χ2n) is 15.5. The van der Waals surface area contributed by atoms with Gasteiger partial charge < -0.3 is 4.42 Å². The Kier molecular flexibility index (Phi) is 7.80. The average molecular weight is 744 g/mol. The summed E-state index contributed by atoms with van der Waals surface area (Å²) in [6.07, 6.45) is 0. The van der Waals surface area contributed by atoms with Crippen LogP contribution in [0.3, 0.4) is 0 Å². The van der Waals surface area contributed by atoms with Crippen molar-refractivity contribution >= 4 is 21.9 Å². The van der Waals surface area contributed by atoms with E-state index in [-0.39, 0.29) is 5.41 Å². The molecule has 0 bridgehead atoms. The van der Waals surface area contributed by atoms with Gasteiger partial charge in [-0.2, -0.15) is 0 Å². The lowest BCUT2D eigenvalue weighted by molar-refractivity contribution is 0.662. The lowest BCUT2D eigenvalue weighted by Gasteiger charge is -2.25. The predicted octanol–water partition coefficient (Wildman–Crippen LogP) is 14.1. The maximum Gasteiger partial charge on any atom is 0.167 e. The van der Waals surface area contributed by atoms with Gasteiger partial charge in [-0.1, -0.05) is 172 Å². The summed E-state index contributed by atoms with van der Waals surface area (Å²) < 4.78 is 6.60. The van der Waals surface area contributed by atoms with E-state index in [4.69, 9.17) is 19.4 Å². The molecule has 11 rings (SSSR count). The lowest BCUT2D eigenvalue weighted by Crippen LogP contribution is -2.16. The first-order valence-corrected chi connectivity index (χ1v) is 19.8. The third kappa shape index (κ3) is 5.41. The third-order valence-corrected chi connectivity index (χ3v) is 11.8. The molecule has 8 aromatic carbocycles. The maximum absolute atomic E-state index is 6.60. The minimum absolute atomic E-state index is 0.264. The van der Waals surface area contributed by atoms with E-state index in [0.29, 0.717) is 17.5 Å². The Bertz CT molecular complexity index is 3180. The normalized spacial score (nSPS) is 12.8. The Hall–Kier alpha value is -7.43. The van der Waals surface area contributed by atoms with Gasteiger partial charge in [-0.15, -0.1) is 0 Å². The Morgan fingerprint density at radius 2 is 0.914 bits per heavy atom. The number of rotatable bonds is 6. The molecule has 0 spiro atoms. The highest BCUT2D eigenvalue weighted by molar-refractivity contribution is 6.09. The van der Waals surface area contributed by atoms with E-state index in [1.54, 1.807) is 0 Å². The van der Waals surface area contributed by atoms with Gasteiger partial charge in [0.2, 0.25) is 0 Å². The standard InChI is InChI=1S/C54H37N3O/c1-54(2)46-27-14-12-24-42(46)48-43(32-31-38(49(48)54)35-19-8-4-9-20-35)52-55-51(56-53(57-52)44-26-16-25-40-39-23-13-15-28-47(39)58-50(40)44)41-30-29-37(34-17-6-3-7-18-34)33-45(41)36-21-10-5-11-22-36/h3-33H,1-2H3. The van der Waals surface area contributed by atoms with E-state index < -0.39 is 0 Å². The van der Waals surface area contributed by atoms with Crippen molar-refractivity contribution in [1.29, 1.82) is 0 Å². The molecule has 10 aromatic rings. The summed E-state index contributed by atoms with van der Waals surface area (Å²) in [5, 5.41) is 2.09. The molecule has 0 amide bonds. The van der Waals surface area contributed by atoms with Crippen molar-refractivity contribution in [3.63, 3.8) is 0 Å². The number of furan rings is 1. The minimum atomic E-state index is -0.264. The van der Waals surface area contributed by atoms with Crippen LogP contribution in [0.5, 0.6) is 0 Å². The van der Waals surface area contributed by atoms with Gasteiger partial charge >= 0.3 is 0 Å². The van der Waals surface area contributed by atoms with Crippen LogP contribution in [0, 0.1) is 0 Å². The van der Waals surface area contributed by atoms with Crippen LogP contribution in [0.4, 0.5) is 0 Å². The maximum atomic E-state index is 6.60. The molecule has 0 radical (unpaired) electrons. The van der Waals surface area contributed by atoms with Gasteiger partial charge in [0.15, 0.2) is 17.5 Å². The number of para-hydroxylation sites is 2. The van der Waals surface area contributed by atoms with Crippen molar-refractivity contribution in [3.8, 4) is 78.7 Å². The first kappa shape index (κ1) is 33.9. The van der Waals surface area contributed by atoms with Crippen LogP contribution >= 0.6 is 0 Å². The summed E-state index contributed by atoms with van der Waals surface area (Å²) in [6.45, 7) is 4.67. The van der Waals surface area contributed by atoms with E-state index in [9.17, 15) is 0 Å². The molecule has 0 saturated heterocycles. The van der Waals surface area contributed by atoms with E-state index in [1.165, 1.54) is 27.8 Å². The number of fused-ring (bicyclic) bond motifs is 6. The van der Waals surface area contributed by atoms with Crippen molar-refractivity contribution in [2.75, 3.05) is 0 Å². The predicted molar refractivity (Wildman–Crippen MR) is 237 cm³/mol. The number of aromatic nitrogens is 3. The largest absolute Gasteiger partial charge is 0.455 e. The van der Waals surface area contributed by atoms with Crippen LogP contribution in [0.15, 0.2) is 192 Å². The number of hydrogen-bond acceptors (Lipinski definition) is 4. The number of benzene rings is 8. The molecule has 0 aliphatic heterocycles. The van der Waals surface area contributed by atoms with Crippen molar-refractivity contribution in [3.05, 3.63) is 199 Å². The topological polar surface area (TPSA) is 51.8 Å². The second-order valence-corrected chi connectivity index (χ2v) is 15.5. The smallest absolute Gasteiger partial charge is 0.167 e. The summed E-state index contributed by atoms with van der Waals surface area (Å²) in [5.74, 6) is 1.77. The van der Waals surface area contributed by atoms with Crippen LogP contribution in [-0.4, -0.2) is 15.0 Å². The van der Waals surface area contributed by atoms with Gasteiger partial charge in [0.05, 0.1) is 5.56 Å². The fourth-order valence-electron chi connectivity index (χ4n) is 9.02. The molecule has 1 aliphatic rings. The first-order chi connectivity index (χ1) is 28.5. The summed E-state index contributed by atoms with van der Waals surface area (Å²) in [5.41, 5.74) is 15.8. The quantitative estimate of drug-likeness (QED) is 0.170. The van der Waals surface area contributed by atoms with Gasteiger partial charge in [-0.3, -0.25) is 0 Å². The zero-order valence-electron chi connectivity index (χ0n) is 32.1. The van der Waals surface area contributed by atoms with Crippen LogP contribution in [0.2, 0.25) is 0 Å². The van der Waals surface area contributed by atoms with Crippen LogP contribution < -0.4 is 0 Å². The molecule has 58 heavy (non-hydrogen) atoms. The highest BCUT2D eigenvalue weighted by atomic mass is 16.3. The van der Waals surface area contributed by atoms with E-state index >= 15 is 0 Å². The van der Waals surface area contributed by atoms with Gasteiger partial charge in [0.1, 0.15) is 11.2 Å². The summed E-state index contributed by atoms with van der Waals surface area (Å²) in [6, 6.07) is 66.0. The molecule has 274 valence electrons. The summed E-state index contributed by atoms with van der Waals surface area (Å²) in [7, 11) is 0. The molecule has 2 heterocycles. The van der Waals surface area contributed by atoms with Gasteiger partial charge in [-0.25, -0.2) is 15.0 Å². The molecular formula is C54H37N3O. The van der Waals surface area contributed by atoms with Crippen LogP contribution in [0.25, 0.3) is 101 Å². The highest BCUT2D eigenvalue weighted by Gasteiger charge is 2.39. The molecule has 4 heteroatoms. The molecular weight excluding hydrogens is 707 g/mol. The Morgan fingerprint density at radius 3 is 1.66 bits per heavy atom. The Labute approximate surface area is 337 Å². The molecule has 0 N–H and O–H groups in total. The van der Waals surface area contributed by atoms with Crippen LogP contribution in [0.1, 0.15) is 25.0 Å². The fraction of sp³-hybridized carbons (Fsp3) is 0.0556. The van der Waals surface area contributed by atoms with E-state index in [1.807, 2.05) is 18.2 Å². The van der Waals surface area contributed by atoms with Crippen molar-refractivity contribution in [2.45, 2.75) is 19.3 Å². The molecule has 2 aromatic heterocycles. The highest BCUT2D eigenvalue weighted by Crippen LogP contribution is 2.55. The number of nitrogens with zero attached hydrogens (tertiary/aromatic N) is 3. The summed E-state index contributed by atoms with van der Waals surface area (Å²) >= 11 is 0. The van der Waals surface area contributed by atoms with Crippen molar-refractivity contribution in [2.24, 2.45) is 0 Å². The van der Waals surface area contributed by atoms with E-state index in [0.717, 1.165) is 66.4 Å². The lowest BCUT2D eigenvalue weighted by atomic mass is 9.78. The molecule has 1 aliphatic carbocycles. The summed E-state index contributed by atoms with van der Waals surface area (Å²) in [4.78, 5) is 16.2. The van der Waals surface area contributed by atoms with Gasteiger partial charge in [-0.05, 0) is 86.0 Å². The third-order valence-electron chi connectivity index (χ3n) is 11.8. The Morgan fingerprint density at radius 1 is 0.379 bits per heavy atom. The molecule has 0 unspecified atom stereocenters. The number of hydrogen-bond donors (Lipinski definition) is 0. The fourth-order valence-corrected chi connectivity index (χ4v) is 9.02. The zero-order chi connectivity index (χ0) is 38.8. The Balaban J connectivity index is 1.22. The molecule has 0 saturated carbocycles. The SMILES string of the molecule is CC1(C)c2ccccc2-c2c(-c3nc(-c4ccc(-c5ccccc5)cc4-c4ccccc4)nc(-c4cccc5c4oc4ccccc45)n3)ccc(-c3ccccc3)c21. The zero-order valence-corrected chi connectivity index (χ0v) is 32.1.